The maximum absolute atomic E-state index is 14.6. The Bertz CT molecular complexity index is 1420. The summed E-state index contributed by atoms with van der Waals surface area (Å²) in [7, 11) is -3.51. The highest BCUT2D eigenvalue weighted by molar-refractivity contribution is 7.90. The maximum atomic E-state index is 14.6. The van der Waals surface area contributed by atoms with Gasteiger partial charge in [-0.05, 0) is 70.7 Å². The van der Waals surface area contributed by atoms with Crippen LogP contribution >= 0.6 is 0 Å². The molecule has 0 unspecified atom stereocenters. The number of amides is 1. The molecule has 2 atom stereocenters. The van der Waals surface area contributed by atoms with E-state index in [4.69, 9.17) is 4.74 Å². The van der Waals surface area contributed by atoms with Gasteiger partial charge in [0.05, 0.1) is 22.5 Å². The van der Waals surface area contributed by atoms with E-state index >= 15 is 0 Å². The van der Waals surface area contributed by atoms with E-state index in [0.717, 1.165) is 43.4 Å². The van der Waals surface area contributed by atoms with Crippen LogP contribution in [0.25, 0.3) is 11.0 Å². The SMILES string of the molecule is CC(C)(C)OC(=O)N1[C@H]2CC[C@H]1CC(n1ccc3c(Nc4ccc(S(C)(=O)=O)cc4F)cnnc31)C2. The number of anilines is 2. The van der Waals surface area contributed by atoms with Crippen LogP contribution in [0.2, 0.25) is 0 Å². The summed E-state index contributed by atoms with van der Waals surface area (Å²) in [4.78, 5) is 14.6. The average Bonchev–Trinajstić information content (AvgIpc) is 3.32. The molecule has 11 heteroatoms. The summed E-state index contributed by atoms with van der Waals surface area (Å²) in [5, 5.41) is 12.3. The molecule has 1 amide bonds. The minimum atomic E-state index is -3.51. The van der Waals surface area contributed by atoms with E-state index in [0.29, 0.717) is 11.3 Å². The van der Waals surface area contributed by atoms with Crippen molar-refractivity contribution in [2.45, 2.75) is 75.1 Å². The molecule has 2 aliphatic heterocycles. The summed E-state index contributed by atoms with van der Waals surface area (Å²) in [5.74, 6) is -0.673. The fraction of sp³-hybridized carbons (Fsp3) is 0.480. The normalized spacial score (nSPS) is 22.1. The molecule has 0 saturated carbocycles. The second-order valence-corrected chi connectivity index (χ2v) is 12.7. The summed E-state index contributed by atoms with van der Waals surface area (Å²) in [6.07, 6.45) is 7.74. The molecule has 4 heterocycles. The molecule has 2 bridgehead atoms. The van der Waals surface area contributed by atoms with Gasteiger partial charge < -0.3 is 19.5 Å². The highest BCUT2D eigenvalue weighted by Gasteiger charge is 2.45. The number of fused-ring (bicyclic) bond motifs is 3. The summed E-state index contributed by atoms with van der Waals surface area (Å²) in [6.45, 7) is 5.63. The Morgan fingerprint density at radius 3 is 2.42 bits per heavy atom. The number of sulfone groups is 1. The first-order chi connectivity index (χ1) is 16.9. The number of nitrogens with zero attached hydrogens (tertiary/aromatic N) is 4. The number of ether oxygens (including phenoxy) is 1. The Morgan fingerprint density at radius 2 is 1.81 bits per heavy atom. The van der Waals surface area contributed by atoms with E-state index in [2.05, 4.69) is 20.1 Å². The van der Waals surface area contributed by atoms with Gasteiger partial charge in [-0.3, -0.25) is 0 Å². The van der Waals surface area contributed by atoms with Crippen LogP contribution < -0.4 is 5.32 Å². The number of hydrogen-bond donors (Lipinski definition) is 1. The van der Waals surface area contributed by atoms with Gasteiger partial charge in [0.25, 0.3) is 0 Å². The fourth-order valence-corrected chi connectivity index (χ4v) is 5.95. The largest absolute Gasteiger partial charge is 0.444 e. The lowest BCUT2D eigenvalue weighted by Gasteiger charge is -2.40. The number of piperidine rings is 1. The van der Waals surface area contributed by atoms with Gasteiger partial charge in [0.15, 0.2) is 15.5 Å². The summed E-state index contributed by atoms with van der Waals surface area (Å²) >= 11 is 0. The van der Waals surface area contributed by atoms with Crippen LogP contribution in [0.15, 0.2) is 41.6 Å². The highest BCUT2D eigenvalue weighted by atomic mass is 32.2. The molecule has 5 rings (SSSR count). The molecule has 3 aromatic rings. The first-order valence-corrected chi connectivity index (χ1v) is 13.9. The molecule has 2 fully saturated rings. The third-order valence-corrected chi connectivity index (χ3v) is 7.97. The molecule has 2 aliphatic rings. The first-order valence-electron chi connectivity index (χ1n) is 12.0. The van der Waals surface area contributed by atoms with Gasteiger partial charge in [0, 0.05) is 36.0 Å². The van der Waals surface area contributed by atoms with Crippen LogP contribution in [0.1, 0.15) is 52.5 Å². The first kappa shape index (κ1) is 24.5. The number of rotatable bonds is 4. The van der Waals surface area contributed by atoms with Crippen LogP contribution in [0.4, 0.5) is 20.6 Å². The van der Waals surface area contributed by atoms with Gasteiger partial charge in [0.2, 0.25) is 0 Å². The van der Waals surface area contributed by atoms with Crippen LogP contribution in [-0.2, 0) is 14.6 Å². The smallest absolute Gasteiger partial charge is 0.410 e. The standard InChI is InChI=1S/C25H30FN5O4S/c1-25(2,3)35-24(32)31-15-5-6-16(31)12-17(11-15)30-10-9-19-22(14-27-29-23(19)30)28-21-8-7-18(13-20(21)26)36(4,33)34/h7-10,13-17H,5-6,11-12H2,1-4H3,(H,28,29)/t15-,16-/m0/s1. The lowest BCUT2D eigenvalue weighted by Crippen LogP contribution is -2.48. The van der Waals surface area contributed by atoms with Gasteiger partial charge in [-0.2, -0.15) is 5.10 Å². The van der Waals surface area contributed by atoms with Crippen LogP contribution in [0.5, 0.6) is 0 Å². The van der Waals surface area contributed by atoms with Crippen molar-refractivity contribution in [1.82, 2.24) is 19.7 Å². The number of hydrogen-bond acceptors (Lipinski definition) is 7. The summed E-state index contributed by atoms with van der Waals surface area (Å²) < 4.78 is 45.8. The van der Waals surface area contributed by atoms with E-state index < -0.39 is 21.3 Å². The zero-order chi connectivity index (χ0) is 25.8. The summed E-state index contributed by atoms with van der Waals surface area (Å²) in [6, 6.07) is 6.05. The number of aromatic nitrogens is 3. The molecular weight excluding hydrogens is 485 g/mol. The number of nitrogens with one attached hydrogen (secondary N) is 1. The molecule has 36 heavy (non-hydrogen) atoms. The zero-order valence-electron chi connectivity index (χ0n) is 20.7. The molecule has 2 saturated heterocycles. The maximum Gasteiger partial charge on any atom is 0.410 e. The Morgan fingerprint density at radius 1 is 1.11 bits per heavy atom. The molecule has 9 nitrogen and oxygen atoms in total. The Balaban J connectivity index is 1.38. The van der Waals surface area contributed by atoms with E-state index in [1.807, 2.05) is 37.9 Å². The number of carbonyl (C=O) groups excluding carboxylic acids is 1. The minimum Gasteiger partial charge on any atom is -0.444 e. The van der Waals surface area contributed by atoms with Crippen molar-refractivity contribution in [3.63, 3.8) is 0 Å². The van der Waals surface area contributed by atoms with Crippen molar-refractivity contribution in [1.29, 1.82) is 0 Å². The quantitative estimate of drug-likeness (QED) is 0.531. The second kappa shape index (κ2) is 8.72. The predicted molar refractivity (Wildman–Crippen MR) is 133 cm³/mol. The van der Waals surface area contributed by atoms with Gasteiger partial charge in [-0.15, -0.1) is 5.10 Å². The van der Waals surface area contributed by atoms with Crippen molar-refractivity contribution >= 4 is 38.3 Å². The number of halogens is 1. The van der Waals surface area contributed by atoms with E-state index in [9.17, 15) is 17.6 Å². The topological polar surface area (TPSA) is 106 Å². The molecule has 192 valence electrons. The number of carbonyl (C=O) groups is 1. The monoisotopic (exact) mass is 515 g/mol. The lowest BCUT2D eigenvalue weighted by molar-refractivity contribution is 0.00314. The highest BCUT2D eigenvalue weighted by Crippen LogP contribution is 2.43. The Hall–Kier alpha value is -3.21. The summed E-state index contributed by atoms with van der Waals surface area (Å²) in [5.41, 5.74) is 0.850. The molecule has 0 spiro atoms. The minimum absolute atomic E-state index is 0.0814. The second-order valence-electron chi connectivity index (χ2n) is 10.7. The molecular formula is C25H30FN5O4S. The fourth-order valence-electron chi connectivity index (χ4n) is 5.32. The molecule has 0 aliphatic carbocycles. The van der Waals surface area contributed by atoms with Gasteiger partial charge in [0.1, 0.15) is 11.4 Å². The molecule has 0 radical (unpaired) electrons. The zero-order valence-corrected chi connectivity index (χ0v) is 21.5. The van der Waals surface area contributed by atoms with Gasteiger partial charge >= 0.3 is 6.09 Å². The third-order valence-electron chi connectivity index (χ3n) is 6.86. The van der Waals surface area contributed by atoms with E-state index in [-0.39, 0.29) is 34.8 Å². The predicted octanol–water partition coefficient (Wildman–Crippen LogP) is 4.82. The Labute approximate surface area is 209 Å². The van der Waals surface area contributed by atoms with Gasteiger partial charge in [-0.25, -0.2) is 17.6 Å². The van der Waals surface area contributed by atoms with E-state index in [1.54, 1.807) is 0 Å². The van der Waals surface area contributed by atoms with Crippen molar-refractivity contribution in [3.8, 4) is 0 Å². The third kappa shape index (κ3) is 4.63. The van der Waals surface area contributed by atoms with Gasteiger partial charge in [-0.1, -0.05) is 0 Å². The van der Waals surface area contributed by atoms with Crippen LogP contribution in [0.3, 0.4) is 0 Å². The van der Waals surface area contributed by atoms with E-state index in [1.165, 1.54) is 18.3 Å². The van der Waals surface area contributed by atoms with Crippen molar-refractivity contribution in [2.24, 2.45) is 0 Å². The van der Waals surface area contributed by atoms with Crippen molar-refractivity contribution < 1.29 is 22.3 Å². The van der Waals surface area contributed by atoms with Crippen LogP contribution in [0, 0.1) is 5.82 Å². The molecule has 1 N–H and O–H groups in total. The van der Waals surface area contributed by atoms with Crippen molar-refractivity contribution in [2.75, 3.05) is 11.6 Å². The number of benzene rings is 1. The molecule has 2 aromatic heterocycles. The molecule has 1 aromatic carbocycles. The van der Waals surface area contributed by atoms with Crippen LogP contribution in [-0.4, -0.2) is 58.1 Å². The van der Waals surface area contributed by atoms with Crippen molar-refractivity contribution in [3.05, 3.63) is 42.5 Å². The lowest BCUT2D eigenvalue weighted by atomic mass is 9.97. The Kier molecular flexibility index (Phi) is 5.93. The average molecular weight is 516 g/mol.